The standard InChI is InChI=1S/C15H12FNO2/c16-13-3-1-2-4-14(13)18-9-12-7-10-5-6-11(17)8-15(10)19-12/h1-8H,9,17H2. The predicted octanol–water partition coefficient (Wildman–Crippen LogP) is 3.73. The Bertz CT molecular complexity index is 721. The van der Waals surface area contributed by atoms with Crippen molar-refractivity contribution in [2.24, 2.45) is 0 Å². The van der Waals surface area contributed by atoms with Crippen LogP contribution in [-0.2, 0) is 6.61 Å². The molecule has 0 aliphatic rings. The molecule has 0 radical (unpaired) electrons. The molecule has 4 heteroatoms. The fraction of sp³-hybridized carbons (Fsp3) is 0.0667. The Kier molecular flexibility index (Phi) is 2.83. The van der Waals surface area contributed by atoms with E-state index < -0.39 is 0 Å². The van der Waals surface area contributed by atoms with Crippen molar-refractivity contribution in [1.82, 2.24) is 0 Å². The lowest BCUT2D eigenvalue weighted by atomic mass is 10.2. The van der Waals surface area contributed by atoms with Gasteiger partial charge in [0.05, 0.1) is 0 Å². The summed E-state index contributed by atoms with van der Waals surface area (Å²) in [6.07, 6.45) is 0. The van der Waals surface area contributed by atoms with Crippen LogP contribution >= 0.6 is 0 Å². The highest BCUT2D eigenvalue weighted by Gasteiger charge is 2.06. The van der Waals surface area contributed by atoms with E-state index in [2.05, 4.69) is 0 Å². The molecule has 3 rings (SSSR count). The van der Waals surface area contributed by atoms with Gasteiger partial charge in [-0.2, -0.15) is 0 Å². The number of nitrogens with two attached hydrogens (primary N) is 1. The summed E-state index contributed by atoms with van der Waals surface area (Å²) in [6, 6.07) is 13.6. The Labute approximate surface area is 109 Å². The predicted molar refractivity (Wildman–Crippen MR) is 71.4 cm³/mol. The maximum absolute atomic E-state index is 13.4. The van der Waals surface area contributed by atoms with Gasteiger partial charge in [0.25, 0.3) is 0 Å². The highest BCUT2D eigenvalue weighted by molar-refractivity contribution is 5.81. The molecule has 1 aromatic heterocycles. The number of anilines is 1. The van der Waals surface area contributed by atoms with Gasteiger partial charge in [-0.05, 0) is 30.3 Å². The summed E-state index contributed by atoms with van der Waals surface area (Å²) in [5.74, 6) is 0.453. The molecule has 3 nitrogen and oxygen atoms in total. The molecule has 1 heterocycles. The van der Waals surface area contributed by atoms with Crippen molar-refractivity contribution >= 4 is 16.7 Å². The monoisotopic (exact) mass is 257 g/mol. The van der Waals surface area contributed by atoms with Crippen LogP contribution in [0.25, 0.3) is 11.0 Å². The quantitative estimate of drug-likeness (QED) is 0.727. The smallest absolute Gasteiger partial charge is 0.165 e. The highest BCUT2D eigenvalue weighted by Crippen LogP contribution is 2.23. The summed E-state index contributed by atoms with van der Waals surface area (Å²) < 4.78 is 24.3. The number of hydrogen-bond donors (Lipinski definition) is 1. The molecule has 96 valence electrons. The molecule has 0 bridgehead atoms. The van der Waals surface area contributed by atoms with Crippen LogP contribution < -0.4 is 10.5 Å². The van der Waals surface area contributed by atoms with Gasteiger partial charge in [0.2, 0.25) is 0 Å². The summed E-state index contributed by atoms with van der Waals surface area (Å²) in [5, 5.41) is 0.946. The molecule has 0 fully saturated rings. The van der Waals surface area contributed by atoms with Crippen molar-refractivity contribution in [2.45, 2.75) is 6.61 Å². The first-order valence-corrected chi connectivity index (χ1v) is 5.87. The van der Waals surface area contributed by atoms with E-state index in [0.717, 1.165) is 5.39 Å². The number of rotatable bonds is 3. The highest BCUT2D eigenvalue weighted by atomic mass is 19.1. The number of benzene rings is 2. The van der Waals surface area contributed by atoms with Gasteiger partial charge in [-0.3, -0.25) is 0 Å². The molecule has 0 amide bonds. The summed E-state index contributed by atoms with van der Waals surface area (Å²) in [6.45, 7) is 0.176. The summed E-state index contributed by atoms with van der Waals surface area (Å²) in [5.41, 5.74) is 7.02. The topological polar surface area (TPSA) is 48.4 Å². The fourth-order valence-electron chi connectivity index (χ4n) is 1.88. The minimum Gasteiger partial charge on any atom is -0.483 e. The van der Waals surface area contributed by atoms with Crippen LogP contribution in [0.4, 0.5) is 10.1 Å². The first-order chi connectivity index (χ1) is 9.22. The molecule has 0 spiro atoms. The minimum atomic E-state index is -0.386. The molecule has 0 atom stereocenters. The van der Waals surface area contributed by atoms with Crippen LogP contribution in [-0.4, -0.2) is 0 Å². The second kappa shape index (κ2) is 4.65. The largest absolute Gasteiger partial charge is 0.483 e. The number of ether oxygens (including phenoxy) is 1. The van der Waals surface area contributed by atoms with Gasteiger partial charge in [0, 0.05) is 17.1 Å². The van der Waals surface area contributed by atoms with Crippen LogP contribution in [0.1, 0.15) is 5.76 Å². The number of hydrogen-bond acceptors (Lipinski definition) is 3. The lowest BCUT2D eigenvalue weighted by Crippen LogP contribution is -1.95. The van der Waals surface area contributed by atoms with E-state index in [1.54, 1.807) is 30.3 Å². The van der Waals surface area contributed by atoms with E-state index in [1.807, 2.05) is 12.1 Å². The normalized spacial score (nSPS) is 10.8. The van der Waals surface area contributed by atoms with Crippen molar-refractivity contribution in [3.8, 4) is 5.75 Å². The Hall–Kier alpha value is -2.49. The van der Waals surface area contributed by atoms with E-state index in [9.17, 15) is 4.39 Å². The van der Waals surface area contributed by atoms with Crippen molar-refractivity contribution in [3.63, 3.8) is 0 Å². The summed E-state index contributed by atoms with van der Waals surface area (Å²) in [7, 11) is 0. The van der Waals surface area contributed by atoms with Crippen molar-refractivity contribution in [2.75, 3.05) is 5.73 Å². The van der Waals surface area contributed by atoms with E-state index >= 15 is 0 Å². The maximum atomic E-state index is 13.4. The Morgan fingerprint density at radius 2 is 1.95 bits per heavy atom. The molecule has 3 aromatic rings. The number of nitrogen functional groups attached to an aromatic ring is 1. The number of para-hydroxylation sites is 1. The van der Waals surface area contributed by atoms with Gasteiger partial charge in [-0.25, -0.2) is 4.39 Å². The van der Waals surface area contributed by atoms with Gasteiger partial charge in [-0.1, -0.05) is 12.1 Å². The van der Waals surface area contributed by atoms with Gasteiger partial charge in [0.1, 0.15) is 18.0 Å². The lowest BCUT2D eigenvalue weighted by Gasteiger charge is -2.04. The molecular weight excluding hydrogens is 245 g/mol. The number of halogens is 1. The van der Waals surface area contributed by atoms with Gasteiger partial charge in [-0.15, -0.1) is 0 Å². The maximum Gasteiger partial charge on any atom is 0.165 e. The minimum absolute atomic E-state index is 0.176. The Morgan fingerprint density at radius 3 is 2.79 bits per heavy atom. The zero-order valence-corrected chi connectivity index (χ0v) is 10.1. The summed E-state index contributed by atoms with van der Waals surface area (Å²) in [4.78, 5) is 0. The molecule has 2 aromatic carbocycles. The SMILES string of the molecule is Nc1ccc2cc(COc3ccccc3F)oc2c1. The zero-order chi connectivity index (χ0) is 13.2. The van der Waals surface area contributed by atoms with Crippen molar-refractivity contribution in [3.05, 3.63) is 60.1 Å². The first kappa shape index (κ1) is 11.6. The molecule has 0 aliphatic carbocycles. The van der Waals surface area contributed by atoms with E-state index in [-0.39, 0.29) is 18.2 Å². The average Bonchev–Trinajstić information content (AvgIpc) is 2.79. The number of furan rings is 1. The third-order valence-corrected chi connectivity index (χ3v) is 2.80. The van der Waals surface area contributed by atoms with E-state index in [1.165, 1.54) is 6.07 Å². The van der Waals surface area contributed by atoms with Crippen molar-refractivity contribution in [1.29, 1.82) is 0 Å². The molecule has 0 unspecified atom stereocenters. The van der Waals surface area contributed by atoms with E-state index in [0.29, 0.717) is 17.0 Å². The Balaban J connectivity index is 1.80. The molecule has 0 aliphatic heterocycles. The van der Waals surface area contributed by atoms with Crippen LogP contribution in [0.5, 0.6) is 5.75 Å². The molecular formula is C15H12FNO2. The third-order valence-electron chi connectivity index (χ3n) is 2.80. The fourth-order valence-corrected chi connectivity index (χ4v) is 1.88. The average molecular weight is 257 g/mol. The first-order valence-electron chi connectivity index (χ1n) is 5.87. The van der Waals surface area contributed by atoms with Crippen LogP contribution in [0.2, 0.25) is 0 Å². The van der Waals surface area contributed by atoms with Crippen LogP contribution in [0, 0.1) is 5.82 Å². The second-order valence-corrected chi connectivity index (χ2v) is 4.23. The molecule has 19 heavy (non-hydrogen) atoms. The van der Waals surface area contributed by atoms with Gasteiger partial charge < -0.3 is 14.9 Å². The Morgan fingerprint density at radius 1 is 1.11 bits per heavy atom. The lowest BCUT2D eigenvalue weighted by molar-refractivity contribution is 0.262. The van der Waals surface area contributed by atoms with E-state index in [4.69, 9.17) is 14.9 Å². The number of fused-ring (bicyclic) bond motifs is 1. The van der Waals surface area contributed by atoms with Gasteiger partial charge in [0.15, 0.2) is 11.6 Å². The van der Waals surface area contributed by atoms with Crippen LogP contribution in [0.15, 0.2) is 52.9 Å². The van der Waals surface area contributed by atoms with Crippen molar-refractivity contribution < 1.29 is 13.5 Å². The molecule has 2 N–H and O–H groups in total. The summed E-state index contributed by atoms with van der Waals surface area (Å²) >= 11 is 0. The molecule has 0 saturated heterocycles. The second-order valence-electron chi connectivity index (χ2n) is 4.23. The third kappa shape index (κ3) is 2.38. The van der Waals surface area contributed by atoms with Gasteiger partial charge >= 0.3 is 0 Å². The zero-order valence-electron chi connectivity index (χ0n) is 10.1. The van der Waals surface area contributed by atoms with Crippen LogP contribution in [0.3, 0.4) is 0 Å². The molecule has 0 saturated carbocycles.